The van der Waals surface area contributed by atoms with Crippen molar-refractivity contribution in [2.24, 2.45) is 0 Å². The molecule has 0 aliphatic carbocycles. The fraction of sp³-hybridized carbons (Fsp3) is 0.429. The normalized spacial score (nSPS) is 18.5. The van der Waals surface area contributed by atoms with Gasteiger partial charge in [-0.15, -0.1) is 0 Å². The molecule has 0 saturated carbocycles. The first-order chi connectivity index (χ1) is 9.04. The maximum atomic E-state index is 12.5. The molecule has 1 aromatic carbocycles. The fourth-order valence-electron chi connectivity index (χ4n) is 2.34. The van der Waals surface area contributed by atoms with Gasteiger partial charge in [-0.1, -0.05) is 22.0 Å². The quantitative estimate of drug-likeness (QED) is 0.905. The third-order valence-electron chi connectivity index (χ3n) is 3.48. The molecule has 2 rings (SSSR count). The number of nitrogens with one attached hydrogen (secondary N) is 1. The van der Waals surface area contributed by atoms with Crippen molar-refractivity contribution in [3.05, 3.63) is 33.8 Å². The fourth-order valence-corrected chi connectivity index (χ4v) is 2.72. The lowest BCUT2D eigenvalue weighted by atomic mass is 10.1. The van der Waals surface area contributed by atoms with Gasteiger partial charge < -0.3 is 10.2 Å². The summed E-state index contributed by atoms with van der Waals surface area (Å²) in [6.45, 7) is 2.62. The second-order valence-electron chi connectivity index (χ2n) is 4.73. The lowest BCUT2D eigenvalue weighted by molar-refractivity contribution is -0.124. The number of halogens is 1. The van der Waals surface area contributed by atoms with Crippen molar-refractivity contribution in [2.75, 3.05) is 13.6 Å². The van der Waals surface area contributed by atoms with Crippen molar-refractivity contribution >= 4 is 27.7 Å². The van der Waals surface area contributed by atoms with Gasteiger partial charge in [0.15, 0.2) is 0 Å². The molecular formula is C14H17BrN2O2. The number of likely N-dealkylation sites (tertiary alicyclic amines) is 1. The number of carbonyl (C=O) groups is 2. The van der Waals surface area contributed by atoms with E-state index >= 15 is 0 Å². The Hall–Kier alpha value is -1.36. The van der Waals surface area contributed by atoms with Crippen LogP contribution in [0.3, 0.4) is 0 Å². The highest BCUT2D eigenvalue weighted by molar-refractivity contribution is 9.10. The SMILES string of the molecule is CNC(=O)C1CCCN1C(=O)c1ccc(C)c(Br)c1. The zero-order valence-electron chi connectivity index (χ0n) is 11.1. The van der Waals surface area contributed by atoms with Crippen molar-refractivity contribution in [1.82, 2.24) is 10.2 Å². The monoisotopic (exact) mass is 324 g/mol. The van der Waals surface area contributed by atoms with Crippen LogP contribution in [0.15, 0.2) is 22.7 Å². The van der Waals surface area contributed by atoms with Crippen LogP contribution in [0.4, 0.5) is 0 Å². The summed E-state index contributed by atoms with van der Waals surface area (Å²) in [6, 6.07) is 5.19. The van der Waals surface area contributed by atoms with Crippen molar-refractivity contribution in [1.29, 1.82) is 0 Å². The summed E-state index contributed by atoms with van der Waals surface area (Å²) in [6.07, 6.45) is 1.61. The average molecular weight is 325 g/mol. The highest BCUT2D eigenvalue weighted by atomic mass is 79.9. The molecule has 1 fully saturated rings. The van der Waals surface area contributed by atoms with E-state index < -0.39 is 0 Å². The van der Waals surface area contributed by atoms with E-state index in [2.05, 4.69) is 21.2 Å². The van der Waals surface area contributed by atoms with Crippen molar-refractivity contribution in [3.63, 3.8) is 0 Å². The number of rotatable bonds is 2. The summed E-state index contributed by atoms with van der Waals surface area (Å²) in [5, 5.41) is 2.62. The van der Waals surface area contributed by atoms with Crippen molar-refractivity contribution in [3.8, 4) is 0 Å². The van der Waals surface area contributed by atoms with Gasteiger partial charge in [0.1, 0.15) is 6.04 Å². The molecule has 1 atom stereocenters. The van der Waals surface area contributed by atoms with Crippen molar-refractivity contribution in [2.45, 2.75) is 25.8 Å². The van der Waals surface area contributed by atoms with Gasteiger partial charge in [-0.2, -0.15) is 0 Å². The Morgan fingerprint density at radius 2 is 2.16 bits per heavy atom. The van der Waals surface area contributed by atoms with Crippen molar-refractivity contribution < 1.29 is 9.59 Å². The average Bonchev–Trinajstić information content (AvgIpc) is 2.89. The summed E-state index contributed by atoms with van der Waals surface area (Å²) >= 11 is 3.43. The summed E-state index contributed by atoms with van der Waals surface area (Å²) in [4.78, 5) is 25.9. The van der Waals surface area contributed by atoms with E-state index in [9.17, 15) is 9.59 Å². The molecule has 1 aliphatic rings. The van der Waals surface area contributed by atoms with E-state index in [1.165, 1.54) is 0 Å². The molecule has 2 amide bonds. The Morgan fingerprint density at radius 1 is 1.42 bits per heavy atom. The molecule has 0 aromatic heterocycles. The second kappa shape index (κ2) is 5.74. The topological polar surface area (TPSA) is 49.4 Å². The first-order valence-electron chi connectivity index (χ1n) is 6.33. The number of likely N-dealkylation sites (N-methyl/N-ethyl adjacent to an activating group) is 1. The van der Waals surface area contributed by atoms with Gasteiger partial charge in [0.25, 0.3) is 5.91 Å². The van der Waals surface area contributed by atoms with Gasteiger partial charge in [0, 0.05) is 23.6 Å². The highest BCUT2D eigenvalue weighted by Gasteiger charge is 2.33. The number of hydrogen-bond donors (Lipinski definition) is 1. The summed E-state index contributed by atoms with van der Waals surface area (Å²) in [5.41, 5.74) is 1.70. The van der Waals surface area contributed by atoms with E-state index in [1.807, 2.05) is 25.1 Å². The van der Waals surface area contributed by atoms with E-state index in [1.54, 1.807) is 11.9 Å². The minimum Gasteiger partial charge on any atom is -0.357 e. The van der Waals surface area contributed by atoms with Crippen LogP contribution >= 0.6 is 15.9 Å². The molecule has 5 heteroatoms. The standard InChI is InChI=1S/C14H17BrN2O2/c1-9-5-6-10(8-11(9)15)14(19)17-7-3-4-12(17)13(18)16-2/h5-6,8,12H,3-4,7H2,1-2H3,(H,16,18). The van der Waals surface area contributed by atoms with E-state index in [-0.39, 0.29) is 17.9 Å². The second-order valence-corrected chi connectivity index (χ2v) is 5.59. The van der Waals surface area contributed by atoms with E-state index in [0.29, 0.717) is 12.1 Å². The number of amides is 2. The van der Waals surface area contributed by atoms with Gasteiger partial charge in [-0.25, -0.2) is 0 Å². The lowest BCUT2D eigenvalue weighted by Gasteiger charge is -2.23. The molecule has 1 unspecified atom stereocenters. The predicted octanol–water partition coefficient (Wildman–Crippen LogP) is 2.11. The van der Waals surface area contributed by atoms with Crippen LogP contribution in [0.2, 0.25) is 0 Å². The third-order valence-corrected chi connectivity index (χ3v) is 4.34. The Kier molecular flexibility index (Phi) is 4.24. The molecule has 1 saturated heterocycles. The maximum Gasteiger partial charge on any atom is 0.254 e. The molecule has 1 aromatic rings. The summed E-state index contributed by atoms with van der Waals surface area (Å²) in [7, 11) is 1.60. The first-order valence-corrected chi connectivity index (χ1v) is 7.12. The number of nitrogens with zero attached hydrogens (tertiary/aromatic N) is 1. The Bertz CT molecular complexity index is 516. The summed E-state index contributed by atoms with van der Waals surface area (Å²) in [5.74, 6) is -0.163. The molecule has 1 heterocycles. The summed E-state index contributed by atoms with van der Waals surface area (Å²) < 4.78 is 0.911. The molecule has 4 nitrogen and oxygen atoms in total. The van der Waals surface area contributed by atoms with Crippen LogP contribution in [0.5, 0.6) is 0 Å². The van der Waals surface area contributed by atoms with Gasteiger partial charge in [0.2, 0.25) is 5.91 Å². The third kappa shape index (κ3) is 2.81. The highest BCUT2D eigenvalue weighted by Crippen LogP contribution is 2.23. The maximum absolute atomic E-state index is 12.5. The minimum atomic E-state index is -0.336. The zero-order valence-corrected chi connectivity index (χ0v) is 12.7. The Morgan fingerprint density at radius 3 is 2.79 bits per heavy atom. The van der Waals surface area contributed by atoms with Crippen LogP contribution in [0, 0.1) is 6.92 Å². The first kappa shape index (κ1) is 14.1. The Balaban J connectivity index is 2.23. The molecule has 0 radical (unpaired) electrons. The molecule has 0 bridgehead atoms. The van der Waals surface area contributed by atoms with Gasteiger partial charge in [0.05, 0.1) is 0 Å². The number of carbonyl (C=O) groups excluding carboxylic acids is 2. The lowest BCUT2D eigenvalue weighted by Crippen LogP contribution is -2.44. The van der Waals surface area contributed by atoms with E-state index in [4.69, 9.17) is 0 Å². The van der Waals surface area contributed by atoms with Gasteiger partial charge >= 0.3 is 0 Å². The molecule has 0 spiro atoms. The van der Waals surface area contributed by atoms with Gasteiger partial charge in [-0.3, -0.25) is 9.59 Å². The van der Waals surface area contributed by atoms with Crippen LogP contribution in [0.25, 0.3) is 0 Å². The zero-order chi connectivity index (χ0) is 14.0. The van der Waals surface area contributed by atoms with E-state index in [0.717, 1.165) is 22.9 Å². The smallest absolute Gasteiger partial charge is 0.254 e. The van der Waals surface area contributed by atoms with Crippen LogP contribution in [-0.2, 0) is 4.79 Å². The van der Waals surface area contributed by atoms with Crippen LogP contribution in [-0.4, -0.2) is 36.3 Å². The number of hydrogen-bond acceptors (Lipinski definition) is 2. The minimum absolute atomic E-state index is 0.0770. The molecular weight excluding hydrogens is 308 g/mol. The Labute approximate surface area is 121 Å². The predicted molar refractivity (Wildman–Crippen MR) is 77.0 cm³/mol. The van der Waals surface area contributed by atoms with Crippen LogP contribution < -0.4 is 5.32 Å². The molecule has 1 aliphatic heterocycles. The molecule has 19 heavy (non-hydrogen) atoms. The largest absolute Gasteiger partial charge is 0.357 e. The molecule has 102 valence electrons. The van der Waals surface area contributed by atoms with Crippen LogP contribution in [0.1, 0.15) is 28.8 Å². The van der Waals surface area contributed by atoms with Gasteiger partial charge in [-0.05, 0) is 37.5 Å². The number of aryl methyl sites for hydroxylation is 1. The molecule has 1 N–H and O–H groups in total. The number of benzene rings is 1.